The lowest BCUT2D eigenvalue weighted by Gasteiger charge is -1.97. The highest BCUT2D eigenvalue weighted by molar-refractivity contribution is 6.18. The summed E-state index contributed by atoms with van der Waals surface area (Å²) in [5, 5.41) is 0. The second-order valence-corrected chi connectivity index (χ2v) is 3.49. The molecule has 12 heavy (non-hydrogen) atoms. The van der Waals surface area contributed by atoms with Gasteiger partial charge in [0.1, 0.15) is 0 Å². The van der Waals surface area contributed by atoms with Gasteiger partial charge in [0.2, 0.25) is 0 Å². The number of unbranched alkanes of at least 4 members (excludes halogenated alkanes) is 6. The first-order chi connectivity index (χ1) is 5.91. The number of alkyl halides is 1. The van der Waals surface area contributed by atoms with Crippen LogP contribution in [0.4, 0.5) is 0 Å². The molecule has 0 fully saturated rings. The Balaban J connectivity index is 2.86. The van der Waals surface area contributed by atoms with E-state index in [-0.39, 0.29) is 0 Å². The van der Waals surface area contributed by atoms with Gasteiger partial charge in [0.15, 0.2) is 0 Å². The number of hydrogen-bond acceptors (Lipinski definition) is 0. The van der Waals surface area contributed by atoms with E-state index >= 15 is 0 Å². The summed E-state index contributed by atoms with van der Waals surface area (Å²) >= 11 is 5.50. The van der Waals surface area contributed by atoms with E-state index in [0.717, 1.165) is 0 Å². The summed E-state index contributed by atoms with van der Waals surface area (Å²) < 4.78 is 0. The molecule has 1 heteroatoms. The molecule has 0 saturated carbocycles. The third-order valence-electron chi connectivity index (χ3n) is 1.98. The van der Waals surface area contributed by atoms with E-state index in [2.05, 4.69) is 13.0 Å². The molecule has 0 aromatic heterocycles. The lowest BCUT2D eigenvalue weighted by atomic mass is 10.1. The predicted octanol–water partition coefficient (Wildman–Crippen LogP) is 4.53. The van der Waals surface area contributed by atoms with Crippen LogP contribution in [0, 0.1) is 0 Å². The van der Waals surface area contributed by atoms with Crippen LogP contribution < -0.4 is 0 Å². The van der Waals surface area contributed by atoms with Crippen molar-refractivity contribution in [1.29, 1.82) is 0 Å². The molecule has 0 rings (SSSR count). The summed E-state index contributed by atoms with van der Waals surface area (Å²) in [6.45, 7) is 2.25. The fourth-order valence-electron chi connectivity index (χ4n) is 1.22. The molecular weight excluding hydrogens is 168 g/mol. The zero-order valence-corrected chi connectivity index (χ0v) is 8.95. The van der Waals surface area contributed by atoms with Gasteiger partial charge in [0.05, 0.1) is 0 Å². The molecule has 0 atom stereocenters. The topological polar surface area (TPSA) is 0 Å². The minimum atomic E-state index is 0.663. The van der Waals surface area contributed by atoms with Crippen LogP contribution in [0.2, 0.25) is 0 Å². The lowest BCUT2D eigenvalue weighted by Crippen LogP contribution is -1.77. The highest BCUT2D eigenvalue weighted by Crippen LogP contribution is 2.06. The van der Waals surface area contributed by atoms with Gasteiger partial charge in [-0.25, -0.2) is 0 Å². The van der Waals surface area contributed by atoms with E-state index in [4.69, 9.17) is 11.6 Å². The van der Waals surface area contributed by atoms with Gasteiger partial charge in [-0.3, -0.25) is 0 Å². The molecule has 0 heterocycles. The SMILES string of the molecule is CCCCCCCCC=CCCl. The molecule has 0 bridgehead atoms. The van der Waals surface area contributed by atoms with Crippen molar-refractivity contribution in [2.45, 2.75) is 51.9 Å². The van der Waals surface area contributed by atoms with E-state index < -0.39 is 0 Å². The summed E-state index contributed by atoms with van der Waals surface area (Å²) in [5.74, 6) is 0.663. The summed E-state index contributed by atoms with van der Waals surface area (Å²) in [6, 6.07) is 0. The van der Waals surface area contributed by atoms with Crippen molar-refractivity contribution >= 4 is 11.6 Å². The molecule has 0 aromatic rings. The fourth-order valence-corrected chi connectivity index (χ4v) is 1.35. The molecule has 0 aromatic carbocycles. The van der Waals surface area contributed by atoms with E-state index in [1.807, 2.05) is 6.08 Å². The maximum atomic E-state index is 5.50. The van der Waals surface area contributed by atoms with Gasteiger partial charge >= 0.3 is 0 Å². The van der Waals surface area contributed by atoms with E-state index in [1.54, 1.807) is 0 Å². The molecule has 0 unspecified atom stereocenters. The van der Waals surface area contributed by atoms with Gasteiger partial charge in [-0.2, -0.15) is 0 Å². The molecule has 0 saturated heterocycles. The largest absolute Gasteiger partial charge is 0.122 e. The van der Waals surface area contributed by atoms with Crippen LogP contribution in [-0.2, 0) is 0 Å². The number of halogens is 1. The summed E-state index contributed by atoms with van der Waals surface area (Å²) in [6.07, 6.45) is 13.7. The Morgan fingerprint density at radius 1 is 0.917 bits per heavy atom. The standard InChI is InChI=1S/C11H21Cl/c1-2-3-4-5-6-7-8-9-10-11-12/h9-10H,2-8,11H2,1H3. The first-order valence-electron chi connectivity index (χ1n) is 5.12. The highest BCUT2D eigenvalue weighted by Gasteiger charge is 1.87. The van der Waals surface area contributed by atoms with Crippen molar-refractivity contribution in [3.05, 3.63) is 12.2 Å². The molecule has 72 valence electrons. The molecule has 0 nitrogen and oxygen atoms in total. The fraction of sp³-hybridized carbons (Fsp3) is 0.818. The highest BCUT2D eigenvalue weighted by atomic mass is 35.5. The third kappa shape index (κ3) is 10.0. The Morgan fingerprint density at radius 2 is 1.58 bits per heavy atom. The average Bonchev–Trinajstić information content (AvgIpc) is 2.10. The molecular formula is C11H21Cl. The maximum absolute atomic E-state index is 5.50. The minimum absolute atomic E-state index is 0.663. The van der Waals surface area contributed by atoms with Crippen molar-refractivity contribution in [2.75, 3.05) is 5.88 Å². The van der Waals surface area contributed by atoms with Gasteiger partial charge in [-0.05, 0) is 12.8 Å². The second kappa shape index (κ2) is 11.0. The summed E-state index contributed by atoms with van der Waals surface area (Å²) in [5.41, 5.74) is 0. The first kappa shape index (κ1) is 12.0. The Hall–Kier alpha value is 0.0300. The Bertz CT molecular complexity index is 97.2. The number of hydrogen-bond donors (Lipinski definition) is 0. The Kier molecular flexibility index (Phi) is 11.1. The van der Waals surface area contributed by atoms with Crippen molar-refractivity contribution < 1.29 is 0 Å². The average molecular weight is 189 g/mol. The monoisotopic (exact) mass is 188 g/mol. The molecule has 0 amide bonds. The van der Waals surface area contributed by atoms with Crippen molar-refractivity contribution in [1.82, 2.24) is 0 Å². The Labute approximate surface area is 82.0 Å². The zero-order chi connectivity index (χ0) is 9.07. The van der Waals surface area contributed by atoms with Gasteiger partial charge in [-0.1, -0.05) is 51.2 Å². The van der Waals surface area contributed by atoms with E-state index in [9.17, 15) is 0 Å². The maximum Gasteiger partial charge on any atom is 0.0404 e. The number of rotatable bonds is 8. The molecule has 0 aliphatic heterocycles. The van der Waals surface area contributed by atoms with Crippen LogP contribution in [0.25, 0.3) is 0 Å². The molecule has 0 N–H and O–H groups in total. The van der Waals surface area contributed by atoms with Gasteiger partial charge < -0.3 is 0 Å². The molecule has 0 aliphatic carbocycles. The predicted molar refractivity (Wildman–Crippen MR) is 57.9 cm³/mol. The minimum Gasteiger partial charge on any atom is -0.122 e. The van der Waals surface area contributed by atoms with Crippen molar-refractivity contribution in [2.24, 2.45) is 0 Å². The van der Waals surface area contributed by atoms with Crippen LogP contribution in [0.5, 0.6) is 0 Å². The van der Waals surface area contributed by atoms with Gasteiger partial charge in [0.25, 0.3) is 0 Å². The van der Waals surface area contributed by atoms with Crippen LogP contribution >= 0.6 is 11.6 Å². The second-order valence-electron chi connectivity index (χ2n) is 3.18. The van der Waals surface area contributed by atoms with Gasteiger partial charge in [0, 0.05) is 5.88 Å². The first-order valence-corrected chi connectivity index (χ1v) is 5.66. The normalized spacial score (nSPS) is 11.2. The quantitative estimate of drug-likeness (QED) is 0.298. The molecule has 0 spiro atoms. The molecule has 0 radical (unpaired) electrons. The van der Waals surface area contributed by atoms with E-state index in [0.29, 0.717) is 5.88 Å². The lowest BCUT2D eigenvalue weighted by molar-refractivity contribution is 0.611. The molecule has 0 aliphatic rings. The smallest absolute Gasteiger partial charge is 0.0404 e. The summed E-state index contributed by atoms with van der Waals surface area (Å²) in [4.78, 5) is 0. The van der Waals surface area contributed by atoms with E-state index in [1.165, 1.54) is 44.9 Å². The number of allylic oxidation sites excluding steroid dienone is 2. The third-order valence-corrected chi connectivity index (χ3v) is 2.16. The van der Waals surface area contributed by atoms with Crippen molar-refractivity contribution in [3.63, 3.8) is 0 Å². The van der Waals surface area contributed by atoms with Crippen LogP contribution in [0.1, 0.15) is 51.9 Å². The van der Waals surface area contributed by atoms with Crippen LogP contribution in [0.3, 0.4) is 0 Å². The van der Waals surface area contributed by atoms with Crippen molar-refractivity contribution in [3.8, 4) is 0 Å². The van der Waals surface area contributed by atoms with Crippen LogP contribution in [0.15, 0.2) is 12.2 Å². The van der Waals surface area contributed by atoms with Crippen LogP contribution in [-0.4, -0.2) is 5.88 Å². The van der Waals surface area contributed by atoms with Gasteiger partial charge in [-0.15, -0.1) is 11.6 Å². The Morgan fingerprint density at radius 3 is 2.25 bits per heavy atom. The summed E-state index contributed by atoms with van der Waals surface area (Å²) in [7, 11) is 0. The zero-order valence-electron chi connectivity index (χ0n) is 8.19.